The monoisotopic (exact) mass is 360 g/mol. The van der Waals surface area contributed by atoms with E-state index in [2.05, 4.69) is 0 Å². The summed E-state index contributed by atoms with van der Waals surface area (Å²) in [5.74, 6) is -1.25. The third-order valence-electron chi connectivity index (χ3n) is 4.72. The summed E-state index contributed by atoms with van der Waals surface area (Å²) in [6.07, 6.45) is 0.709. The van der Waals surface area contributed by atoms with Gasteiger partial charge in [0.2, 0.25) is 0 Å². The van der Waals surface area contributed by atoms with Crippen LogP contribution in [0.3, 0.4) is 0 Å². The SMILES string of the molecule is CCC(c1cc2c3c(cccc3c1)C(=O)OC2=O)[Si](OC)(OC)OC. The Morgan fingerprint density at radius 3 is 2.24 bits per heavy atom. The van der Waals surface area contributed by atoms with E-state index in [0.717, 1.165) is 10.9 Å². The third kappa shape index (κ3) is 2.69. The molecule has 0 saturated heterocycles. The maximum absolute atomic E-state index is 12.3. The summed E-state index contributed by atoms with van der Waals surface area (Å²) < 4.78 is 21.8. The Labute approximate surface area is 147 Å². The fourth-order valence-corrected chi connectivity index (χ4v) is 5.97. The molecular formula is C18H20O6Si. The predicted octanol–water partition coefficient (Wildman–Crippen LogP) is 3.06. The summed E-state index contributed by atoms with van der Waals surface area (Å²) in [7, 11) is 1.74. The van der Waals surface area contributed by atoms with Crippen molar-refractivity contribution in [2.24, 2.45) is 0 Å². The molecule has 1 atom stereocenters. The van der Waals surface area contributed by atoms with E-state index < -0.39 is 20.7 Å². The van der Waals surface area contributed by atoms with Gasteiger partial charge in [-0.15, -0.1) is 0 Å². The minimum atomic E-state index is -2.96. The van der Waals surface area contributed by atoms with Crippen molar-refractivity contribution in [2.75, 3.05) is 21.3 Å². The molecule has 1 aliphatic rings. The maximum Gasteiger partial charge on any atom is 0.508 e. The lowest BCUT2D eigenvalue weighted by molar-refractivity contribution is 0.0390. The molecule has 1 heterocycles. The molecule has 1 aliphatic heterocycles. The molecule has 2 aromatic carbocycles. The standard InChI is InChI=1S/C18H20O6Si/c1-5-15(25(21-2,22-3)23-4)12-9-11-7-6-8-13-16(11)14(10-12)18(20)24-17(13)19/h6-10,15H,5H2,1-4H3. The lowest BCUT2D eigenvalue weighted by atomic mass is 9.93. The number of carbonyl (C=O) groups is 2. The van der Waals surface area contributed by atoms with Gasteiger partial charge in [0.25, 0.3) is 0 Å². The molecule has 0 amide bonds. The molecule has 0 bridgehead atoms. The topological polar surface area (TPSA) is 71.1 Å². The van der Waals surface area contributed by atoms with Crippen molar-refractivity contribution in [3.05, 3.63) is 47.0 Å². The van der Waals surface area contributed by atoms with Crippen LogP contribution >= 0.6 is 0 Å². The first-order chi connectivity index (χ1) is 12.0. The summed E-state index contributed by atoms with van der Waals surface area (Å²) in [6.45, 7) is 2.01. The largest absolute Gasteiger partial charge is 0.508 e. The van der Waals surface area contributed by atoms with Gasteiger partial charge in [-0.05, 0) is 29.5 Å². The normalized spacial score (nSPS) is 15.4. The lowest BCUT2D eigenvalue weighted by Gasteiger charge is -2.32. The van der Waals surface area contributed by atoms with Gasteiger partial charge in [-0.25, -0.2) is 9.59 Å². The van der Waals surface area contributed by atoms with Gasteiger partial charge in [0.1, 0.15) is 0 Å². The second kappa shape index (κ2) is 6.68. The molecule has 2 aromatic rings. The molecule has 3 rings (SSSR count). The van der Waals surface area contributed by atoms with Crippen LogP contribution < -0.4 is 0 Å². The van der Waals surface area contributed by atoms with Crippen LogP contribution in [-0.2, 0) is 18.0 Å². The van der Waals surface area contributed by atoms with Gasteiger partial charge in [0, 0.05) is 26.7 Å². The Balaban J connectivity index is 2.25. The Hall–Kier alpha value is -2.06. The van der Waals surface area contributed by atoms with Crippen LogP contribution in [0.1, 0.15) is 45.2 Å². The lowest BCUT2D eigenvalue weighted by Crippen LogP contribution is -2.49. The smallest absolute Gasteiger partial charge is 0.386 e. The average molecular weight is 360 g/mol. The van der Waals surface area contributed by atoms with Gasteiger partial charge in [-0.1, -0.05) is 25.1 Å². The first kappa shape index (κ1) is 17.8. The summed E-state index contributed by atoms with van der Waals surface area (Å²) in [6, 6.07) is 9.03. The van der Waals surface area contributed by atoms with Crippen LogP contribution in [0, 0.1) is 0 Å². The Morgan fingerprint density at radius 2 is 1.64 bits per heavy atom. The molecule has 0 fully saturated rings. The highest BCUT2D eigenvalue weighted by molar-refractivity contribution is 6.62. The van der Waals surface area contributed by atoms with E-state index in [-0.39, 0.29) is 5.54 Å². The van der Waals surface area contributed by atoms with Gasteiger partial charge in [0.15, 0.2) is 0 Å². The van der Waals surface area contributed by atoms with Crippen molar-refractivity contribution < 1.29 is 27.6 Å². The van der Waals surface area contributed by atoms with E-state index in [1.165, 1.54) is 0 Å². The number of hydrogen-bond donors (Lipinski definition) is 0. The van der Waals surface area contributed by atoms with Crippen molar-refractivity contribution in [2.45, 2.75) is 18.9 Å². The first-order valence-electron chi connectivity index (χ1n) is 8.00. The minimum absolute atomic E-state index is 0.151. The summed E-state index contributed by atoms with van der Waals surface area (Å²) >= 11 is 0. The van der Waals surface area contributed by atoms with E-state index >= 15 is 0 Å². The first-order valence-corrected chi connectivity index (χ1v) is 9.80. The fraction of sp³-hybridized carbons (Fsp3) is 0.333. The summed E-state index contributed by atoms with van der Waals surface area (Å²) in [5.41, 5.74) is 1.50. The van der Waals surface area contributed by atoms with Gasteiger partial charge in [-0.2, -0.15) is 0 Å². The van der Waals surface area contributed by atoms with Gasteiger partial charge in [-0.3, -0.25) is 0 Å². The highest BCUT2D eigenvalue weighted by atomic mass is 28.4. The minimum Gasteiger partial charge on any atom is -0.386 e. The molecule has 0 spiro atoms. The van der Waals surface area contributed by atoms with Crippen molar-refractivity contribution in [3.8, 4) is 0 Å². The Kier molecular flexibility index (Phi) is 4.74. The van der Waals surface area contributed by atoms with Gasteiger partial charge >= 0.3 is 20.7 Å². The zero-order chi connectivity index (χ0) is 18.2. The molecule has 25 heavy (non-hydrogen) atoms. The fourth-order valence-electron chi connectivity index (χ4n) is 3.54. The second-order valence-corrected chi connectivity index (χ2v) is 8.95. The quantitative estimate of drug-likeness (QED) is 0.448. The average Bonchev–Trinajstić information content (AvgIpc) is 2.63. The Morgan fingerprint density at radius 1 is 1.00 bits per heavy atom. The van der Waals surface area contributed by atoms with Gasteiger partial charge < -0.3 is 18.0 Å². The number of rotatable bonds is 6. The maximum atomic E-state index is 12.3. The molecule has 132 valence electrons. The van der Waals surface area contributed by atoms with Gasteiger partial charge in [0.05, 0.1) is 16.7 Å². The zero-order valence-electron chi connectivity index (χ0n) is 14.6. The molecule has 6 nitrogen and oxygen atoms in total. The predicted molar refractivity (Wildman–Crippen MR) is 93.5 cm³/mol. The number of esters is 2. The highest BCUT2D eigenvalue weighted by Gasteiger charge is 2.47. The van der Waals surface area contributed by atoms with Crippen LogP contribution in [0.15, 0.2) is 30.3 Å². The van der Waals surface area contributed by atoms with E-state index in [9.17, 15) is 9.59 Å². The van der Waals surface area contributed by atoms with E-state index in [1.807, 2.05) is 19.1 Å². The molecular weight excluding hydrogens is 340 g/mol. The van der Waals surface area contributed by atoms with Crippen molar-refractivity contribution in [1.82, 2.24) is 0 Å². The molecule has 0 N–H and O–H groups in total. The number of hydrogen-bond acceptors (Lipinski definition) is 6. The number of cyclic esters (lactones) is 2. The molecule has 0 aromatic heterocycles. The van der Waals surface area contributed by atoms with Crippen molar-refractivity contribution in [3.63, 3.8) is 0 Å². The van der Waals surface area contributed by atoms with Crippen molar-refractivity contribution >= 4 is 31.5 Å². The van der Waals surface area contributed by atoms with E-state index in [1.54, 1.807) is 39.5 Å². The molecule has 0 aliphatic carbocycles. The third-order valence-corrected chi connectivity index (χ3v) is 8.02. The summed E-state index contributed by atoms with van der Waals surface area (Å²) in [4.78, 5) is 24.2. The molecule has 0 saturated carbocycles. The van der Waals surface area contributed by atoms with E-state index in [4.69, 9.17) is 18.0 Å². The number of benzene rings is 2. The number of ether oxygens (including phenoxy) is 1. The van der Waals surface area contributed by atoms with E-state index in [0.29, 0.717) is 22.9 Å². The van der Waals surface area contributed by atoms with Crippen molar-refractivity contribution in [1.29, 1.82) is 0 Å². The Bertz CT molecular complexity index is 835. The van der Waals surface area contributed by atoms with Crippen LogP contribution in [0.5, 0.6) is 0 Å². The highest BCUT2D eigenvalue weighted by Crippen LogP contribution is 2.37. The number of carbonyl (C=O) groups excluding carboxylic acids is 2. The van der Waals surface area contributed by atoms with Crippen LogP contribution in [0.25, 0.3) is 10.8 Å². The second-order valence-electron chi connectivity index (χ2n) is 5.83. The zero-order valence-corrected chi connectivity index (χ0v) is 15.6. The van der Waals surface area contributed by atoms with Crippen LogP contribution in [-0.4, -0.2) is 42.1 Å². The van der Waals surface area contributed by atoms with Crippen LogP contribution in [0.2, 0.25) is 0 Å². The molecule has 0 radical (unpaired) electrons. The molecule has 1 unspecified atom stereocenters. The van der Waals surface area contributed by atoms with Crippen LogP contribution in [0.4, 0.5) is 0 Å². The summed E-state index contributed by atoms with van der Waals surface area (Å²) in [5, 5.41) is 1.43. The molecule has 7 heteroatoms.